The van der Waals surface area contributed by atoms with Crippen LogP contribution in [0.3, 0.4) is 0 Å². The number of nitrogens with zero attached hydrogens (tertiary/aromatic N) is 1. The van der Waals surface area contributed by atoms with Crippen LogP contribution in [0.4, 0.5) is 0 Å². The number of rotatable bonds is 5. The molecule has 16 heavy (non-hydrogen) atoms. The molecule has 0 spiro atoms. The minimum Gasteiger partial charge on any atom is -0.396 e. The number of aliphatic hydroxyl groups excluding tert-OH is 1. The summed E-state index contributed by atoms with van der Waals surface area (Å²) in [5, 5.41) is 8.87. The van der Waals surface area contributed by atoms with Crippen molar-refractivity contribution in [3.63, 3.8) is 0 Å². The summed E-state index contributed by atoms with van der Waals surface area (Å²) in [6.45, 7) is 0.813. The third kappa shape index (κ3) is 2.09. The first kappa shape index (κ1) is 11.9. The third-order valence-electron chi connectivity index (χ3n) is 4.01. The van der Waals surface area contributed by atoms with E-state index in [1.807, 2.05) is 4.90 Å². The van der Waals surface area contributed by atoms with E-state index in [4.69, 9.17) is 10.8 Å². The van der Waals surface area contributed by atoms with Crippen LogP contribution in [0.2, 0.25) is 0 Å². The van der Waals surface area contributed by atoms with Gasteiger partial charge in [-0.3, -0.25) is 4.79 Å². The smallest absolute Gasteiger partial charge is 0.242 e. The van der Waals surface area contributed by atoms with Crippen molar-refractivity contribution in [2.24, 2.45) is 5.73 Å². The average Bonchev–Trinajstić information content (AvgIpc) is 2.16. The Hall–Kier alpha value is -0.610. The molecule has 92 valence electrons. The van der Waals surface area contributed by atoms with Gasteiger partial charge < -0.3 is 15.7 Å². The molecule has 4 heteroatoms. The first-order chi connectivity index (χ1) is 7.67. The number of carbonyl (C=O) groups excluding carboxylic acids is 1. The topological polar surface area (TPSA) is 66.6 Å². The van der Waals surface area contributed by atoms with Crippen LogP contribution in [0.1, 0.15) is 44.9 Å². The van der Waals surface area contributed by atoms with E-state index in [1.54, 1.807) is 0 Å². The maximum Gasteiger partial charge on any atom is 0.242 e. The summed E-state index contributed by atoms with van der Waals surface area (Å²) in [7, 11) is 0. The first-order valence-corrected chi connectivity index (χ1v) is 6.38. The quantitative estimate of drug-likeness (QED) is 0.722. The van der Waals surface area contributed by atoms with E-state index in [0.29, 0.717) is 19.0 Å². The molecule has 0 unspecified atom stereocenters. The van der Waals surface area contributed by atoms with Gasteiger partial charge in [0.2, 0.25) is 5.91 Å². The van der Waals surface area contributed by atoms with Gasteiger partial charge in [-0.2, -0.15) is 0 Å². The van der Waals surface area contributed by atoms with E-state index in [1.165, 1.54) is 6.42 Å². The lowest BCUT2D eigenvalue weighted by Gasteiger charge is -2.45. The highest BCUT2D eigenvalue weighted by Crippen LogP contribution is 2.34. The largest absolute Gasteiger partial charge is 0.396 e. The van der Waals surface area contributed by atoms with Crippen molar-refractivity contribution in [1.82, 2.24) is 4.90 Å². The molecule has 0 bridgehead atoms. The number of amides is 1. The molecule has 4 nitrogen and oxygen atoms in total. The highest BCUT2D eigenvalue weighted by Gasteiger charge is 2.44. The molecule has 0 aromatic rings. The van der Waals surface area contributed by atoms with Gasteiger partial charge in [0.15, 0.2) is 0 Å². The average molecular weight is 226 g/mol. The van der Waals surface area contributed by atoms with Crippen LogP contribution >= 0.6 is 0 Å². The van der Waals surface area contributed by atoms with Crippen LogP contribution in [-0.2, 0) is 4.79 Å². The van der Waals surface area contributed by atoms with Crippen LogP contribution in [0, 0.1) is 0 Å². The molecule has 0 aromatic heterocycles. The Kier molecular flexibility index (Phi) is 3.50. The highest BCUT2D eigenvalue weighted by molar-refractivity contribution is 5.87. The molecule has 2 saturated carbocycles. The van der Waals surface area contributed by atoms with Gasteiger partial charge >= 0.3 is 0 Å². The maximum atomic E-state index is 12.3. The molecule has 0 saturated heterocycles. The lowest BCUT2D eigenvalue weighted by atomic mass is 9.75. The van der Waals surface area contributed by atoms with Crippen LogP contribution in [0.5, 0.6) is 0 Å². The van der Waals surface area contributed by atoms with Gasteiger partial charge in [-0.15, -0.1) is 0 Å². The Balaban J connectivity index is 1.96. The summed E-state index contributed by atoms with van der Waals surface area (Å²) in [5.74, 6) is 0.122. The van der Waals surface area contributed by atoms with Crippen molar-refractivity contribution >= 4 is 5.91 Å². The minimum atomic E-state index is -0.578. The molecule has 2 fully saturated rings. The predicted molar refractivity (Wildman–Crippen MR) is 61.8 cm³/mol. The number of aliphatic hydroxyl groups is 1. The molecular formula is C12H22N2O2. The second-order valence-electron chi connectivity index (χ2n) is 5.17. The van der Waals surface area contributed by atoms with Gasteiger partial charge in [-0.25, -0.2) is 0 Å². The zero-order valence-electron chi connectivity index (χ0n) is 9.82. The van der Waals surface area contributed by atoms with Gasteiger partial charge in [0, 0.05) is 19.2 Å². The lowest BCUT2D eigenvalue weighted by molar-refractivity contribution is -0.144. The fourth-order valence-corrected chi connectivity index (χ4v) is 2.45. The molecule has 3 N–H and O–H groups in total. The fourth-order valence-electron chi connectivity index (χ4n) is 2.45. The number of nitrogens with two attached hydrogens (primary N) is 1. The van der Waals surface area contributed by atoms with E-state index in [0.717, 1.165) is 32.1 Å². The standard InChI is InChI=1S/C12H22N2O2/c13-12(6-2-7-12)11(16)14(8-3-9-15)10-4-1-5-10/h10,15H,1-9,13H2. The second kappa shape index (κ2) is 4.72. The summed E-state index contributed by atoms with van der Waals surface area (Å²) in [4.78, 5) is 14.2. The van der Waals surface area contributed by atoms with Gasteiger partial charge in [-0.1, -0.05) is 0 Å². The number of carbonyl (C=O) groups is 1. The van der Waals surface area contributed by atoms with Crippen molar-refractivity contribution in [3.05, 3.63) is 0 Å². The summed E-state index contributed by atoms with van der Waals surface area (Å²) >= 11 is 0. The summed E-state index contributed by atoms with van der Waals surface area (Å²) in [6.07, 6.45) is 6.81. The van der Waals surface area contributed by atoms with Crippen molar-refractivity contribution in [2.75, 3.05) is 13.2 Å². The molecule has 2 aliphatic rings. The van der Waals surface area contributed by atoms with E-state index >= 15 is 0 Å². The molecule has 1 amide bonds. The molecule has 0 aromatic carbocycles. The second-order valence-corrected chi connectivity index (χ2v) is 5.17. The van der Waals surface area contributed by atoms with Crippen LogP contribution < -0.4 is 5.73 Å². The Morgan fingerprint density at radius 1 is 1.38 bits per heavy atom. The van der Waals surface area contributed by atoms with E-state index in [2.05, 4.69) is 0 Å². The lowest BCUT2D eigenvalue weighted by Crippen LogP contribution is -2.62. The van der Waals surface area contributed by atoms with Gasteiger partial charge in [0.1, 0.15) is 0 Å². The van der Waals surface area contributed by atoms with E-state index in [-0.39, 0.29) is 12.5 Å². The molecule has 0 radical (unpaired) electrons. The fraction of sp³-hybridized carbons (Fsp3) is 0.917. The minimum absolute atomic E-state index is 0.122. The molecule has 0 aliphatic heterocycles. The van der Waals surface area contributed by atoms with E-state index in [9.17, 15) is 4.79 Å². The van der Waals surface area contributed by atoms with Crippen LogP contribution in [0.15, 0.2) is 0 Å². The van der Waals surface area contributed by atoms with Gasteiger partial charge in [0.25, 0.3) is 0 Å². The van der Waals surface area contributed by atoms with Gasteiger partial charge in [-0.05, 0) is 44.9 Å². The normalized spacial score (nSPS) is 23.4. The monoisotopic (exact) mass is 226 g/mol. The van der Waals surface area contributed by atoms with Crippen LogP contribution in [-0.4, -0.2) is 40.6 Å². The first-order valence-electron chi connectivity index (χ1n) is 6.38. The molecule has 2 rings (SSSR count). The van der Waals surface area contributed by atoms with Crippen molar-refractivity contribution in [2.45, 2.75) is 56.5 Å². The van der Waals surface area contributed by atoms with Crippen molar-refractivity contribution in [1.29, 1.82) is 0 Å². The highest BCUT2D eigenvalue weighted by atomic mass is 16.3. The van der Waals surface area contributed by atoms with E-state index < -0.39 is 5.54 Å². The third-order valence-corrected chi connectivity index (χ3v) is 4.01. The van der Waals surface area contributed by atoms with Crippen molar-refractivity contribution in [3.8, 4) is 0 Å². The Morgan fingerprint density at radius 3 is 2.44 bits per heavy atom. The zero-order valence-corrected chi connectivity index (χ0v) is 9.82. The Morgan fingerprint density at radius 2 is 2.06 bits per heavy atom. The van der Waals surface area contributed by atoms with Crippen LogP contribution in [0.25, 0.3) is 0 Å². The summed E-state index contributed by atoms with van der Waals surface area (Å²) < 4.78 is 0. The Bertz CT molecular complexity index is 260. The van der Waals surface area contributed by atoms with Gasteiger partial charge in [0.05, 0.1) is 5.54 Å². The molecule has 0 heterocycles. The number of hydrogen-bond donors (Lipinski definition) is 2. The Labute approximate surface area is 96.8 Å². The predicted octanol–water partition coefficient (Wildman–Crippen LogP) is 0.631. The molecular weight excluding hydrogens is 204 g/mol. The summed E-state index contributed by atoms with van der Waals surface area (Å²) in [5.41, 5.74) is 5.50. The molecule has 2 aliphatic carbocycles. The molecule has 0 atom stereocenters. The van der Waals surface area contributed by atoms with Crippen molar-refractivity contribution < 1.29 is 9.90 Å². The maximum absolute atomic E-state index is 12.3. The summed E-state index contributed by atoms with van der Waals surface area (Å²) in [6, 6.07) is 0.389. The zero-order chi connectivity index (χ0) is 11.6. The SMILES string of the molecule is NC1(C(=O)N(CCCO)C2CCC2)CCC1. The number of hydrogen-bond acceptors (Lipinski definition) is 3.